The van der Waals surface area contributed by atoms with E-state index in [1.165, 1.54) is 5.56 Å². The summed E-state index contributed by atoms with van der Waals surface area (Å²) >= 11 is 0. The third kappa shape index (κ3) is 4.44. The van der Waals surface area contributed by atoms with Crippen LogP contribution in [0.2, 0.25) is 0 Å². The molecule has 3 aromatic rings. The minimum Gasteiger partial charge on any atom is -0.452 e. The molecule has 1 fully saturated rings. The smallest absolute Gasteiger partial charge is 0.339 e. The summed E-state index contributed by atoms with van der Waals surface area (Å²) in [5.41, 5.74) is 4.41. The second kappa shape index (κ2) is 8.47. The van der Waals surface area contributed by atoms with E-state index in [1.54, 1.807) is 0 Å². The number of nitrogens with zero attached hydrogens (tertiary/aromatic N) is 2. The lowest BCUT2D eigenvalue weighted by molar-refractivity contribution is -0.124. The summed E-state index contributed by atoms with van der Waals surface area (Å²) in [5, 5.41) is 3.63. The maximum Gasteiger partial charge on any atom is 0.339 e. The largest absolute Gasteiger partial charge is 0.452 e. The molecule has 2 heterocycles. The highest BCUT2D eigenvalue weighted by Gasteiger charge is 2.28. The zero-order chi connectivity index (χ0) is 21.2. The topological polar surface area (TPSA) is 71.5 Å². The van der Waals surface area contributed by atoms with Crippen LogP contribution in [0.15, 0.2) is 54.6 Å². The Morgan fingerprint density at radius 2 is 1.84 bits per heavy atom. The molecule has 158 valence electrons. The molecule has 1 saturated carbocycles. The first-order chi connectivity index (χ1) is 15.2. The zero-order valence-corrected chi connectivity index (χ0v) is 17.3. The second-order valence-corrected chi connectivity index (χ2v) is 8.29. The van der Waals surface area contributed by atoms with E-state index < -0.39 is 5.97 Å². The van der Waals surface area contributed by atoms with E-state index in [4.69, 9.17) is 9.72 Å². The van der Waals surface area contributed by atoms with Crippen molar-refractivity contribution in [2.45, 2.75) is 38.4 Å². The lowest BCUT2D eigenvalue weighted by Gasteiger charge is -2.30. The maximum absolute atomic E-state index is 13.2. The molecule has 1 aliphatic carbocycles. The molecule has 0 bridgehead atoms. The van der Waals surface area contributed by atoms with Crippen molar-refractivity contribution in [1.82, 2.24) is 15.2 Å². The van der Waals surface area contributed by atoms with E-state index in [2.05, 4.69) is 22.3 Å². The summed E-state index contributed by atoms with van der Waals surface area (Å²) in [5.74, 6) is -0.698. The van der Waals surface area contributed by atoms with Gasteiger partial charge in [-0.1, -0.05) is 48.5 Å². The first-order valence-electron chi connectivity index (χ1n) is 10.8. The molecule has 31 heavy (non-hydrogen) atoms. The van der Waals surface area contributed by atoms with Gasteiger partial charge in [-0.15, -0.1) is 0 Å². The van der Waals surface area contributed by atoms with Gasteiger partial charge in [0.2, 0.25) is 0 Å². The van der Waals surface area contributed by atoms with Gasteiger partial charge in [-0.2, -0.15) is 0 Å². The van der Waals surface area contributed by atoms with Gasteiger partial charge in [0.25, 0.3) is 5.91 Å². The van der Waals surface area contributed by atoms with Gasteiger partial charge in [-0.3, -0.25) is 14.7 Å². The van der Waals surface area contributed by atoms with Crippen LogP contribution >= 0.6 is 0 Å². The van der Waals surface area contributed by atoms with Crippen LogP contribution in [0.25, 0.3) is 10.9 Å². The van der Waals surface area contributed by atoms with E-state index in [1.807, 2.05) is 42.5 Å². The Morgan fingerprint density at radius 3 is 2.65 bits per heavy atom. The number of rotatable bonds is 6. The molecule has 2 aliphatic rings. The number of benzene rings is 2. The van der Waals surface area contributed by atoms with Gasteiger partial charge >= 0.3 is 5.97 Å². The Morgan fingerprint density at radius 1 is 1.06 bits per heavy atom. The number of hydrogen-bond donors (Lipinski definition) is 1. The Balaban J connectivity index is 1.42. The maximum atomic E-state index is 13.2. The average molecular weight is 415 g/mol. The highest BCUT2D eigenvalue weighted by atomic mass is 16.5. The van der Waals surface area contributed by atoms with E-state index in [9.17, 15) is 9.59 Å². The number of nitrogens with one attached hydrogen (secondary N) is 1. The second-order valence-electron chi connectivity index (χ2n) is 8.29. The van der Waals surface area contributed by atoms with Crippen LogP contribution in [0.3, 0.4) is 0 Å². The summed E-state index contributed by atoms with van der Waals surface area (Å²) < 4.78 is 5.45. The number of esters is 1. The van der Waals surface area contributed by atoms with Gasteiger partial charge in [0.1, 0.15) is 0 Å². The number of carbonyl (C=O) groups is 2. The highest BCUT2D eigenvalue weighted by molar-refractivity contribution is 6.05. The van der Waals surface area contributed by atoms with Gasteiger partial charge < -0.3 is 10.1 Å². The Hall–Kier alpha value is -3.25. The van der Waals surface area contributed by atoms with Crippen LogP contribution in [0.4, 0.5) is 0 Å². The quantitative estimate of drug-likeness (QED) is 0.626. The number of aromatic nitrogens is 1. The molecule has 0 radical (unpaired) electrons. The fraction of sp³-hybridized carbons (Fsp3) is 0.320. The van der Waals surface area contributed by atoms with Gasteiger partial charge in [0, 0.05) is 48.7 Å². The van der Waals surface area contributed by atoms with Gasteiger partial charge in [0.05, 0.1) is 11.1 Å². The zero-order valence-electron chi connectivity index (χ0n) is 17.3. The van der Waals surface area contributed by atoms with Gasteiger partial charge in [-0.25, -0.2) is 4.79 Å². The molecule has 1 amide bonds. The molecular weight excluding hydrogens is 390 g/mol. The normalized spacial score (nSPS) is 16.0. The summed E-state index contributed by atoms with van der Waals surface area (Å²) in [6.45, 7) is 2.06. The van der Waals surface area contributed by atoms with E-state index in [-0.39, 0.29) is 18.6 Å². The molecule has 1 N–H and O–H groups in total. The highest BCUT2D eigenvalue weighted by Crippen LogP contribution is 2.29. The predicted molar refractivity (Wildman–Crippen MR) is 117 cm³/mol. The molecule has 1 aliphatic heterocycles. The fourth-order valence-corrected chi connectivity index (χ4v) is 4.16. The number of carbonyl (C=O) groups excluding carboxylic acids is 2. The number of fused-ring (bicyclic) bond motifs is 2. The lowest BCUT2D eigenvalue weighted by atomic mass is 9.95. The minimum absolute atomic E-state index is 0.242. The number of amides is 1. The van der Waals surface area contributed by atoms with Crippen molar-refractivity contribution in [1.29, 1.82) is 0 Å². The molecule has 0 atom stereocenters. The van der Waals surface area contributed by atoms with Crippen LogP contribution in [0.5, 0.6) is 0 Å². The van der Waals surface area contributed by atoms with E-state index in [0.29, 0.717) is 12.1 Å². The molecular formula is C25H25N3O3. The van der Waals surface area contributed by atoms with Gasteiger partial charge in [0.15, 0.2) is 6.61 Å². The average Bonchev–Trinajstić information content (AvgIpc) is 3.60. The Kier molecular flexibility index (Phi) is 5.38. The van der Waals surface area contributed by atoms with Gasteiger partial charge in [-0.05, 0) is 24.5 Å². The molecule has 6 heteroatoms. The Bertz CT molecular complexity index is 1130. The van der Waals surface area contributed by atoms with Crippen LogP contribution in [-0.4, -0.2) is 41.0 Å². The molecule has 1 aromatic heterocycles. The monoisotopic (exact) mass is 415 g/mol. The van der Waals surface area contributed by atoms with Crippen LogP contribution in [0, 0.1) is 0 Å². The predicted octanol–water partition coefficient (Wildman–Crippen LogP) is 3.23. The Labute approximate surface area is 181 Å². The van der Waals surface area contributed by atoms with Crippen LogP contribution in [0.1, 0.15) is 40.0 Å². The van der Waals surface area contributed by atoms with Crippen molar-refractivity contribution in [3.8, 4) is 0 Å². The number of ether oxygens (including phenoxy) is 1. The van der Waals surface area contributed by atoms with Crippen molar-refractivity contribution in [2.75, 3.05) is 13.2 Å². The van der Waals surface area contributed by atoms with E-state index in [0.717, 1.165) is 54.5 Å². The molecule has 0 spiro atoms. The lowest BCUT2D eigenvalue weighted by Crippen LogP contribution is -2.33. The van der Waals surface area contributed by atoms with Crippen molar-refractivity contribution in [3.63, 3.8) is 0 Å². The van der Waals surface area contributed by atoms with Crippen molar-refractivity contribution < 1.29 is 14.3 Å². The SMILES string of the molecule is O=C(COC(=O)c1c2c(nc3ccccc13)CCN(Cc1ccccc1)C2)NC1CC1. The first-order valence-corrected chi connectivity index (χ1v) is 10.8. The standard InChI is InChI=1S/C25H25N3O3/c29-23(26-18-10-11-18)16-31-25(30)24-19-8-4-5-9-21(19)27-22-12-13-28(15-20(22)24)14-17-6-2-1-3-7-17/h1-9,18H,10-16H2,(H,26,29). The first kappa shape index (κ1) is 19.7. The summed E-state index contributed by atoms with van der Waals surface area (Å²) in [6.07, 6.45) is 2.77. The number of pyridine rings is 1. The molecule has 5 rings (SSSR count). The molecule has 2 aromatic carbocycles. The van der Waals surface area contributed by atoms with Crippen LogP contribution < -0.4 is 5.32 Å². The molecule has 0 saturated heterocycles. The van der Waals surface area contributed by atoms with Crippen molar-refractivity contribution in [2.24, 2.45) is 0 Å². The fourth-order valence-electron chi connectivity index (χ4n) is 4.16. The van der Waals surface area contributed by atoms with Crippen molar-refractivity contribution >= 4 is 22.8 Å². The van der Waals surface area contributed by atoms with E-state index >= 15 is 0 Å². The van der Waals surface area contributed by atoms with Crippen molar-refractivity contribution in [3.05, 3.63) is 77.0 Å². The van der Waals surface area contributed by atoms with Crippen LogP contribution in [-0.2, 0) is 29.0 Å². The minimum atomic E-state index is -0.456. The number of hydrogen-bond acceptors (Lipinski definition) is 5. The summed E-state index contributed by atoms with van der Waals surface area (Å²) in [6, 6.07) is 18.2. The summed E-state index contributed by atoms with van der Waals surface area (Å²) in [7, 11) is 0. The summed E-state index contributed by atoms with van der Waals surface area (Å²) in [4.78, 5) is 32.3. The molecule has 6 nitrogen and oxygen atoms in total. The number of para-hydroxylation sites is 1. The third-order valence-electron chi connectivity index (χ3n) is 5.86. The third-order valence-corrected chi connectivity index (χ3v) is 5.86. The molecule has 0 unspecified atom stereocenters.